The molecule has 0 bridgehead atoms. The third-order valence-electron chi connectivity index (χ3n) is 4.59. The minimum absolute atomic E-state index is 0.185. The number of rotatable bonds is 3. The fourth-order valence-electron chi connectivity index (χ4n) is 3.35. The average molecular weight is 326 g/mol. The van der Waals surface area contributed by atoms with E-state index in [0.717, 1.165) is 31.7 Å². The Kier molecular flexibility index (Phi) is 3.90. The van der Waals surface area contributed by atoms with Crippen molar-refractivity contribution in [3.05, 3.63) is 48.4 Å². The van der Waals surface area contributed by atoms with Crippen LogP contribution in [0.5, 0.6) is 0 Å². The van der Waals surface area contributed by atoms with Gasteiger partial charge in [0.15, 0.2) is 5.65 Å². The van der Waals surface area contributed by atoms with E-state index in [4.69, 9.17) is 0 Å². The number of fused-ring (bicyclic) bond motifs is 1. The number of benzene rings is 1. The Morgan fingerprint density at radius 2 is 2.12 bits per heavy atom. The van der Waals surface area contributed by atoms with Crippen LogP contribution in [0.2, 0.25) is 0 Å². The van der Waals surface area contributed by atoms with E-state index in [2.05, 4.69) is 15.0 Å². The molecule has 24 heavy (non-hydrogen) atoms. The zero-order chi connectivity index (χ0) is 16.5. The Hall–Kier alpha value is -2.47. The van der Waals surface area contributed by atoms with Gasteiger partial charge in [0.2, 0.25) is 0 Å². The summed E-state index contributed by atoms with van der Waals surface area (Å²) in [5.74, 6) is 0.863. The number of halogens is 1. The molecule has 3 aromatic rings. The predicted octanol–water partition coefficient (Wildman–Crippen LogP) is 2.74. The summed E-state index contributed by atoms with van der Waals surface area (Å²) in [5, 5.41) is 13.8. The lowest BCUT2D eigenvalue weighted by atomic mass is 9.99. The van der Waals surface area contributed by atoms with Crippen LogP contribution in [-0.4, -0.2) is 39.4 Å². The van der Waals surface area contributed by atoms with Gasteiger partial charge in [0.25, 0.3) is 0 Å². The molecule has 4 rings (SSSR count). The number of aromatic nitrogens is 3. The van der Waals surface area contributed by atoms with E-state index in [-0.39, 0.29) is 18.3 Å². The molecule has 1 aliphatic rings. The number of nitrogens with zero attached hydrogens (tertiary/aromatic N) is 4. The summed E-state index contributed by atoms with van der Waals surface area (Å²) in [6.07, 6.45) is 3.75. The van der Waals surface area contributed by atoms with Crippen LogP contribution in [0.15, 0.2) is 42.6 Å². The number of anilines is 1. The van der Waals surface area contributed by atoms with Gasteiger partial charge in [-0.2, -0.15) is 9.61 Å². The molecule has 0 unspecified atom stereocenters. The van der Waals surface area contributed by atoms with Crippen molar-refractivity contribution in [3.8, 4) is 11.3 Å². The van der Waals surface area contributed by atoms with Crippen molar-refractivity contribution in [1.82, 2.24) is 14.6 Å². The standard InChI is InChI=1S/C18H19FN4O/c19-15-6-2-1-5-14(15)16-10-18(23-17(21-16)7-8-20-23)22-9-3-4-13(11-22)12-24/h1-2,5-8,10,13,24H,3-4,9,11-12H2/t13-/m0/s1. The molecule has 1 N–H and O–H groups in total. The fourth-order valence-corrected chi connectivity index (χ4v) is 3.35. The maximum atomic E-state index is 14.2. The Bertz CT molecular complexity index is 863. The quantitative estimate of drug-likeness (QED) is 0.804. The normalized spacial score (nSPS) is 18.2. The molecule has 124 valence electrons. The molecule has 0 amide bonds. The number of piperidine rings is 1. The highest BCUT2D eigenvalue weighted by Gasteiger charge is 2.22. The van der Waals surface area contributed by atoms with Gasteiger partial charge < -0.3 is 10.0 Å². The second-order valence-corrected chi connectivity index (χ2v) is 6.22. The minimum Gasteiger partial charge on any atom is -0.396 e. The second kappa shape index (κ2) is 6.20. The van der Waals surface area contributed by atoms with Gasteiger partial charge in [-0.25, -0.2) is 9.37 Å². The number of aliphatic hydroxyl groups excluding tert-OH is 1. The van der Waals surface area contributed by atoms with Crippen molar-refractivity contribution in [2.45, 2.75) is 12.8 Å². The molecule has 2 aromatic heterocycles. The van der Waals surface area contributed by atoms with Crippen LogP contribution in [0.3, 0.4) is 0 Å². The van der Waals surface area contributed by atoms with Crippen LogP contribution < -0.4 is 4.90 Å². The SMILES string of the molecule is OC[C@H]1CCCN(c2cc(-c3ccccc3F)nc3ccnn23)C1. The predicted molar refractivity (Wildman–Crippen MR) is 90.4 cm³/mol. The summed E-state index contributed by atoms with van der Waals surface area (Å²) < 4.78 is 16.0. The lowest BCUT2D eigenvalue weighted by molar-refractivity contribution is 0.208. The van der Waals surface area contributed by atoms with Crippen molar-refractivity contribution in [2.75, 3.05) is 24.6 Å². The van der Waals surface area contributed by atoms with Crippen molar-refractivity contribution < 1.29 is 9.50 Å². The Morgan fingerprint density at radius 1 is 1.25 bits per heavy atom. The first-order valence-electron chi connectivity index (χ1n) is 8.22. The molecule has 5 nitrogen and oxygen atoms in total. The molecule has 1 aromatic carbocycles. The van der Waals surface area contributed by atoms with Gasteiger partial charge >= 0.3 is 0 Å². The van der Waals surface area contributed by atoms with E-state index in [1.54, 1.807) is 22.8 Å². The summed E-state index contributed by atoms with van der Waals surface area (Å²) in [5.41, 5.74) is 1.78. The molecule has 1 saturated heterocycles. The highest BCUT2D eigenvalue weighted by atomic mass is 19.1. The van der Waals surface area contributed by atoms with E-state index in [9.17, 15) is 9.50 Å². The van der Waals surface area contributed by atoms with Crippen LogP contribution in [0, 0.1) is 11.7 Å². The van der Waals surface area contributed by atoms with Crippen molar-refractivity contribution >= 4 is 11.5 Å². The third kappa shape index (κ3) is 2.63. The molecule has 0 saturated carbocycles. The highest BCUT2D eigenvalue weighted by Crippen LogP contribution is 2.28. The Labute approximate surface area is 139 Å². The monoisotopic (exact) mass is 326 g/mol. The van der Waals surface area contributed by atoms with Crippen LogP contribution in [0.25, 0.3) is 16.9 Å². The van der Waals surface area contributed by atoms with Gasteiger partial charge in [-0.15, -0.1) is 0 Å². The van der Waals surface area contributed by atoms with Gasteiger partial charge in [-0.3, -0.25) is 0 Å². The number of hydrogen-bond acceptors (Lipinski definition) is 4. The molecule has 1 atom stereocenters. The summed E-state index contributed by atoms with van der Waals surface area (Å²) in [6.45, 7) is 1.85. The van der Waals surface area contributed by atoms with E-state index in [1.807, 2.05) is 18.2 Å². The fraction of sp³-hybridized carbons (Fsp3) is 0.333. The van der Waals surface area contributed by atoms with E-state index in [1.165, 1.54) is 6.07 Å². The molecule has 3 heterocycles. The molecule has 1 aliphatic heterocycles. The van der Waals surface area contributed by atoms with Crippen LogP contribution in [-0.2, 0) is 0 Å². The largest absolute Gasteiger partial charge is 0.396 e. The van der Waals surface area contributed by atoms with Crippen LogP contribution in [0.4, 0.5) is 10.2 Å². The summed E-state index contributed by atoms with van der Waals surface area (Å²) >= 11 is 0. The van der Waals surface area contributed by atoms with E-state index >= 15 is 0 Å². The van der Waals surface area contributed by atoms with Crippen LogP contribution in [0.1, 0.15) is 12.8 Å². The Morgan fingerprint density at radius 3 is 2.96 bits per heavy atom. The first kappa shape index (κ1) is 15.1. The van der Waals surface area contributed by atoms with Gasteiger partial charge in [0.1, 0.15) is 11.6 Å². The molecule has 1 fully saturated rings. The smallest absolute Gasteiger partial charge is 0.157 e. The van der Waals surface area contributed by atoms with Crippen molar-refractivity contribution in [3.63, 3.8) is 0 Å². The minimum atomic E-state index is -0.285. The maximum absolute atomic E-state index is 14.2. The lowest BCUT2D eigenvalue weighted by Gasteiger charge is -2.33. The van der Waals surface area contributed by atoms with Gasteiger partial charge in [0.05, 0.1) is 11.9 Å². The highest BCUT2D eigenvalue weighted by molar-refractivity contribution is 5.67. The first-order chi connectivity index (χ1) is 11.8. The lowest BCUT2D eigenvalue weighted by Crippen LogP contribution is -2.38. The topological polar surface area (TPSA) is 53.7 Å². The van der Waals surface area contributed by atoms with E-state index < -0.39 is 0 Å². The zero-order valence-corrected chi connectivity index (χ0v) is 13.3. The summed E-state index contributed by atoms with van der Waals surface area (Å²) in [4.78, 5) is 6.75. The Balaban J connectivity index is 1.83. The summed E-state index contributed by atoms with van der Waals surface area (Å²) in [7, 11) is 0. The zero-order valence-electron chi connectivity index (χ0n) is 13.3. The van der Waals surface area contributed by atoms with Crippen LogP contribution >= 0.6 is 0 Å². The molecule has 0 spiro atoms. The molecule has 0 aliphatic carbocycles. The van der Waals surface area contributed by atoms with Gasteiger partial charge in [-0.05, 0) is 30.9 Å². The van der Waals surface area contributed by atoms with Crippen molar-refractivity contribution in [2.24, 2.45) is 5.92 Å². The van der Waals surface area contributed by atoms with Gasteiger partial charge in [-0.1, -0.05) is 12.1 Å². The van der Waals surface area contributed by atoms with E-state index in [0.29, 0.717) is 16.9 Å². The summed E-state index contributed by atoms with van der Waals surface area (Å²) in [6, 6.07) is 10.4. The van der Waals surface area contributed by atoms with Gasteiger partial charge in [0, 0.05) is 37.4 Å². The molecule has 0 radical (unpaired) electrons. The van der Waals surface area contributed by atoms with Crippen molar-refractivity contribution in [1.29, 1.82) is 0 Å². The number of aliphatic hydroxyl groups is 1. The third-order valence-corrected chi connectivity index (χ3v) is 4.59. The molecular weight excluding hydrogens is 307 g/mol. The average Bonchev–Trinajstić information content (AvgIpc) is 3.10. The number of hydrogen-bond donors (Lipinski definition) is 1. The molecular formula is C18H19FN4O. The first-order valence-corrected chi connectivity index (χ1v) is 8.22. The molecule has 6 heteroatoms. The second-order valence-electron chi connectivity index (χ2n) is 6.22. The maximum Gasteiger partial charge on any atom is 0.157 e.